The van der Waals surface area contributed by atoms with E-state index in [4.69, 9.17) is 4.74 Å². The number of benzene rings is 1. The second kappa shape index (κ2) is 7.51. The molecule has 20 heavy (non-hydrogen) atoms. The lowest BCUT2D eigenvalue weighted by Gasteiger charge is -2.14. The van der Waals surface area contributed by atoms with Crippen LogP contribution in [0.3, 0.4) is 0 Å². The van der Waals surface area contributed by atoms with Crippen molar-refractivity contribution in [2.45, 2.75) is 23.2 Å². The first-order valence-corrected chi connectivity index (χ1v) is 7.46. The van der Waals surface area contributed by atoms with Gasteiger partial charge in [-0.05, 0) is 18.6 Å². The number of halogens is 2. The van der Waals surface area contributed by atoms with Crippen LogP contribution in [-0.2, 0) is 14.6 Å². The summed E-state index contributed by atoms with van der Waals surface area (Å²) in [5.74, 6) is -3.47. The van der Waals surface area contributed by atoms with E-state index in [1.807, 2.05) is 0 Å². The predicted molar refractivity (Wildman–Crippen MR) is 70.6 cm³/mol. The number of para-hydroxylation sites is 1. The average Bonchev–Trinajstić information content (AvgIpc) is 2.39. The Hall–Kier alpha value is -1.25. The Labute approximate surface area is 116 Å². The molecule has 0 spiro atoms. The highest BCUT2D eigenvalue weighted by atomic mass is 32.2. The molecule has 0 aromatic heterocycles. The quantitative estimate of drug-likeness (QED) is 0.761. The SMILES string of the molecule is COCC(O)CCNc1ccccc1S(=O)(=O)C(F)F. The molecule has 114 valence electrons. The van der Waals surface area contributed by atoms with Gasteiger partial charge in [-0.25, -0.2) is 8.42 Å². The average molecular weight is 309 g/mol. The second-order valence-electron chi connectivity index (χ2n) is 4.13. The number of alkyl halides is 2. The Bertz CT molecular complexity index is 522. The lowest BCUT2D eigenvalue weighted by molar-refractivity contribution is 0.0615. The van der Waals surface area contributed by atoms with Gasteiger partial charge in [-0.2, -0.15) is 8.78 Å². The third-order valence-electron chi connectivity index (χ3n) is 2.58. The molecule has 0 fully saturated rings. The highest BCUT2D eigenvalue weighted by Crippen LogP contribution is 2.25. The van der Waals surface area contributed by atoms with Gasteiger partial charge < -0.3 is 15.2 Å². The highest BCUT2D eigenvalue weighted by molar-refractivity contribution is 7.91. The summed E-state index contributed by atoms with van der Waals surface area (Å²) in [7, 11) is -3.21. The molecule has 0 aliphatic heterocycles. The summed E-state index contributed by atoms with van der Waals surface area (Å²) in [6.07, 6.45) is -0.400. The highest BCUT2D eigenvalue weighted by Gasteiger charge is 2.28. The van der Waals surface area contributed by atoms with E-state index < -0.39 is 26.6 Å². The Morgan fingerprint density at radius 2 is 2.00 bits per heavy atom. The summed E-state index contributed by atoms with van der Waals surface area (Å²) in [5, 5.41) is 12.2. The number of methoxy groups -OCH3 is 1. The second-order valence-corrected chi connectivity index (χ2v) is 6.01. The monoisotopic (exact) mass is 309 g/mol. The van der Waals surface area contributed by atoms with Gasteiger partial charge in [0.1, 0.15) is 0 Å². The van der Waals surface area contributed by atoms with Gasteiger partial charge in [-0.3, -0.25) is 0 Å². The van der Waals surface area contributed by atoms with Crippen molar-refractivity contribution in [2.75, 3.05) is 25.6 Å². The van der Waals surface area contributed by atoms with Gasteiger partial charge in [0, 0.05) is 13.7 Å². The maximum absolute atomic E-state index is 12.6. The summed E-state index contributed by atoms with van der Waals surface area (Å²) >= 11 is 0. The largest absolute Gasteiger partial charge is 0.391 e. The van der Waals surface area contributed by atoms with Crippen LogP contribution in [0.15, 0.2) is 29.2 Å². The van der Waals surface area contributed by atoms with Crippen molar-refractivity contribution in [1.82, 2.24) is 0 Å². The van der Waals surface area contributed by atoms with E-state index in [0.29, 0.717) is 6.42 Å². The van der Waals surface area contributed by atoms with Crippen LogP contribution in [0.1, 0.15) is 6.42 Å². The van der Waals surface area contributed by atoms with E-state index in [9.17, 15) is 22.3 Å². The van der Waals surface area contributed by atoms with Crippen molar-refractivity contribution in [2.24, 2.45) is 0 Å². The summed E-state index contributed by atoms with van der Waals surface area (Å²) in [6.45, 7) is 0.388. The summed E-state index contributed by atoms with van der Waals surface area (Å²) in [6, 6.07) is 5.44. The van der Waals surface area contributed by atoms with E-state index in [1.165, 1.54) is 19.2 Å². The lowest BCUT2D eigenvalue weighted by atomic mass is 10.2. The van der Waals surface area contributed by atoms with Crippen molar-refractivity contribution in [1.29, 1.82) is 0 Å². The normalized spacial score (nSPS) is 13.4. The number of hydrogen-bond donors (Lipinski definition) is 2. The number of nitrogens with one attached hydrogen (secondary N) is 1. The molecule has 0 aliphatic carbocycles. The zero-order valence-electron chi connectivity index (χ0n) is 10.9. The fourth-order valence-corrected chi connectivity index (χ4v) is 2.51. The van der Waals surface area contributed by atoms with E-state index in [-0.39, 0.29) is 18.8 Å². The van der Waals surface area contributed by atoms with E-state index in [0.717, 1.165) is 6.07 Å². The molecule has 5 nitrogen and oxygen atoms in total. The summed E-state index contributed by atoms with van der Waals surface area (Å²) in [5.41, 5.74) is 0.0948. The van der Waals surface area contributed by atoms with E-state index in [2.05, 4.69) is 5.32 Å². The van der Waals surface area contributed by atoms with Crippen LogP contribution in [0, 0.1) is 0 Å². The minimum absolute atomic E-state index is 0.0948. The van der Waals surface area contributed by atoms with Crippen LogP contribution in [0.25, 0.3) is 0 Å². The fraction of sp³-hybridized carbons (Fsp3) is 0.500. The van der Waals surface area contributed by atoms with Crippen LogP contribution in [0.2, 0.25) is 0 Å². The molecule has 2 N–H and O–H groups in total. The van der Waals surface area contributed by atoms with Crippen LogP contribution < -0.4 is 5.32 Å². The zero-order chi connectivity index (χ0) is 15.2. The first-order valence-electron chi connectivity index (χ1n) is 5.91. The standard InChI is InChI=1S/C12H17F2NO4S/c1-19-8-9(16)6-7-15-10-4-2-3-5-11(10)20(17,18)12(13)14/h2-5,9,12,15-16H,6-8H2,1H3. The van der Waals surface area contributed by atoms with Gasteiger partial charge >= 0.3 is 5.76 Å². The Balaban J connectivity index is 2.77. The third-order valence-corrected chi connectivity index (χ3v) is 4.02. The maximum atomic E-state index is 12.6. The van der Waals surface area contributed by atoms with Gasteiger partial charge in [-0.15, -0.1) is 0 Å². The Morgan fingerprint density at radius 3 is 2.60 bits per heavy atom. The molecule has 0 saturated heterocycles. The molecule has 8 heteroatoms. The number of anilines is 1. The number of hydrogen-bond acceptors (Lipinski definition) is 5. The van der Waals surface area contributed by atoms with Gasteiger partial charge in [0.05, 0.1) is 23.3 Å². The molecule has 0 aliphatic rings. The minimum atomic E-state index is -4.65. The van der Waals surface area contributed by atoms with Crippen LogP contribution in [0.5, 0.6) is 0 Å². The minimum Gasteiger partial charge on any atom is -0.391 e. The Kier molecular flexibility index (Phi) is 6.31. The summed E-state index contributed by atoms with van der Waals surface area (Å²) in [4.78, 5) is -0.448. The fourth-order valence-electron chi connectivity index (χ4n) is 1.61. The first-order chi connectivity index (χ1) is 9.39. The van der Waals surface area contributed by atoms with Crippen molar-refractivity contribution in [3.05, 3.63) is 24.3 Å². The van der Waals surface area contributed by atoms with Crippen LogP contribution >= 0.6 is 0 Å². The first kappa shape index (κ1) is 16.8. The van der Waals surface area contributed by atoms with Crippen LogP contribution in [-0.4, -0.2) is 45.6 Å². The van der Waals surface area contributed by atoms with E-state index in [1.54, 1.807) is 6.07 Å². The van der Waals surface area contributed by atoms with E-state index >= 15 is 0 Å². The van der Waals surface area contributed by atoms with Crippen molar-refractivity contribution in [3.63, 3.8) is 0 Å². The number of ether oxygens (including phenoxy) is 1. The molecule has 0 bridgehead atoms. The number of sulfone groups is 1. The van der Waals surface area contributed by atoms with Gasteiger partial charge in [-0.1, -0.05) is 12.1 Å². The molecule has 1 aromatic rings. The molecular formula is C12H17F2NO4S. The topological polar surface area (TPSA) is 75.6 Å². The maximum Gasteiger partial charge on any atom is 0.341 e. The third kappa shape index (κ3) is 4.39. The molecule has 0 amide bonds. The molecule has 1 aromatic carbocycles. The number of aliphatic hydroxyl groups excluding tert-OH is 1. The molecular weight excluding hydrogens is 292 g/mol. The molecule has 1 unspecified atom stereocenters. The van der Waals surface area contributed by atoms with Crippen LogP contribution in [0.4, 0.5) is 14.5 Å². The molecule has 0 saturated carbocycles. The molecule has 0 heterocycles. The molecule has 0 radical (unpaired) electrons. The zero-order valence-corrected chi connectivity index (χ0v) is 11.7. The van der Waals surface area contributed by atoms with Crippen molar-refractivity contribution >= 4 is 15.5 Å². The Morgan fingerprint density at radius 1 is 1.35 bits per heavy atom. The predicted octanol–water partition coefficient (Wildman–Crippen LogP) is 1.49. The van der Waals surface area contributed by atoms with Gasteiger partial charge in [0.15, 0.2) is 0 Å². The van der Waals surface area contributed by atoms with Gasteiger partial charge in [0.25, 0.3) is 0 Å². The van der Waals surface area contributed by atoms with Crippen molar-refractivity contribution < 1.29 is 27.0 Å². The van der Waals surface area contributed by atoms with Gasteiger partial charge in [0.2, 0.25) is 9.84 Å². The van der Waals surface area contributed by atoms with Crippen molar-refractivity contribution in [3.8, 4) is 0 Å². The number of aliphatic hydroxyl groups is 1. The molecule has 1 atom stereocenters. The lowest BCUT2D eigenvalue weighted by Crippen LogP contribution is -2.19. The summed E-state index contributed by atoms with van der Waals surface area (Å²) < 4.78 is 52.8. The number of rotatable bonds is 8. The molecule has 1 rings (SSSR count). The smallest absolute Gasteiger partial charge is 0.341 e.